The van der Waals surface area contributed by atoms with E-state index in [1.54, 1.807) is 36.4 Å². The fourth-order valence-corrected chi connectivity index (χ4v) is 3.12. The Morgan fingerprint density at radius 1 is 1.10 bits per heavy atom. The molecule has 0 aliphatic heterocycles. The van der Waals surface area contributed by atoms with Crippen molar-refractivity contribution in [3.05, 3.63) is 59.7 Å². The van der Waals surface area contributed by atoms with Gasteiger partial charge < -0.3 is 5.73 Å². The standard InChI is InChI=1S/C16H20N2O2S/c1-12(2)14-6-8-15(9-7-14)18-21(19,20)16-5-3-4-13(10-16)11-17/h3-10,12,18H,11,17H2,1-2H3. The summed E-state index contributed by atoms with van der Waals surface area (Å²) in [6, 6.07) is 14.1. The molecule has 0 amide bonds. The first-order chi connectivity index (χ1) is 9.92. The molecule has 0 fully saturated rings. The van der Waals surface area contributed by atoms with Crippen molar-refractivity contribution in [3.8, 4) is 0 Å². The van der Waals surface area contributed by atoms with Crippen LogP contribution in [-0.2, 0) is 16.6 Å². The van der Waals surface area contributed by atoms with Gasteiger partial charge in [0.1, 0.15) is 0 Å². The molecule has 5 heteroatoms. The van der Waals surface area contributed by atoms with Crippen LogP contribution in [0.5, 0.6) is 0 Å². The molecule has 0 aromatic heterocycles. The van der Waals surface area contributed by atoms with Crippen LogP contribution in [0.3, 0.4) is 0 Å². The van der Waals surface area contributed by atoms with Crippen molar-refractivity contribution in [1.29, 1.82) is 0 Å². The Hall–Kier alpha value is -1.85. The van der Waals surface area contributed by atoms with Crippen LogP contribution in [0.1, 0.15) is 30.9 Å². The maximum atomic E-state index is 12.3. The number of nitrogens with one attached hydrogen (secondary N) is 1. The van der Waals surface area contributed by atoms with Crippen LogP contribution in [0.15, 0.2) is 53.4 Å². The second-order valence-electron chi connectivity index (χ2n) is 5.23. The Labute approximate surface area is 126 Å². The molecule has 0 heterocycles. The molecule has 0 aliphatic rings. The van der Waals surface area contributed by atoms with Crippen molar-refractivity contribution < 1.29 is 8.42 Å². The fourth-order valence-electron chi connectivity index (χ4n) is 1.99. The summed E-state index contributed by atoms with van der Waals surface area (Å²) in [5.74, 6) is 0.414. The topological polar surface area (TPSA) is 72.2 Å². The normalized spacial score (nSPS) is 11.6. The first kappa shape index (κ1) is 15.5. The Bertz CT molecular complexity index is 707. The molecule has 0 spiro atoms. The van der Waals surface area contributed by atoms with Crippen molar-refractivity contribution in [2.75, 3.05) is 4.72 Å². The monoisotopic (exact) mass is 304 g/mol. The zero-order chi connectivity index (χ0) is 15.5. The molecule has 2 rings (SSSR count). The summed E-state index contributed by atoms with van der Waals surface area (Å²) < 4.78 is 27.3. The fraction of sp³-hybridized carbons (Fsp3) is 0.250. The molecular weight excluding hydrogens is 284 g/mol. The average Bonchev–Trinajstić information content (AvgIpc) is 2.47. The second-order valence-corrected chi connectivity index (χ2v) is 6.92. The number of rotatable bonds is 5. The van der Waals surface area contributed by atoms with Crippen molar-refractivity contribution in [2.45, 2.75) is 31.2 Å². The van der Waals surface area contributed by atoms with E-state index in [0.29, 0.717) is 18.2 Å². The predicted molar refractivity (Wildman–Crippen MR) is 85.7 cm³/mol. The summed E-state index contributed by atoms with van der Waals surface area (Å²) in [6.07, 6.45) is 0. The first-order valence-electron chi connectivity index (χ1n) is 6.84. The largest absolute Gasteiger partial charge is 0.326 e. The number of nitrogens with two attached hydrogens (primary N) is 1. The van der Waals surface area contributed by atoms with E-state index in [4.69, 9.17) is 5.73 Å². The van der Waals surface area contributed by atoms with Gasteiger partial charge in [-0.25, -0.2) is 8.42 Å². The molecule has 0 aliphatic carbocycles. The zero-order valence-corrected chi connectivity index (χ0v) is 13.0. The van der Waals surface area contributed by atoms with Crippen LogP contribution in [0.25, 0.3) is 0 Å². The summed E-state index contributed by atoms with van der Waals surface area (Å²) in [6.45, 7) is 4.50. The third-order valence-electron chi connectivity index (χ3n) is 3.27. The van der Waals surface area contributed by atoms with Crippen molar-refractivity contribution >= 4 is 15.7 Å². The van der Waals surface area contributed by atoms with Crippen LogP contribution in [0.2, 0.25) is 0 Å². The third-order valence-corrected chi connectivity index (χ3v) is 4.65. The highest BCUT2D eigenvalue weighted by Crippen LogP contribution is 2.20. The Kier molecular flexibility index (Phi) is 4.65. The van der Waals surface area contributed by atoms with E-state index in [2.05, 4.69) is 18.6 Å². The van der Waals surface area contributed by atoms with Gasteiger partial charge >= 0.3 is 0 Å². The lowest BCUT2D eigenvalue weighted by Gasteiger charge is -2.10. The van der Waals surface area contributed by atoms with Crippen molar-refractivity contribution in [2.24, 2.45) is 5.73 Å². The minimum atomic E-state index is -3.58. The van der Waals surface area contributed by atoms with Crippen LogP contribution in [0, 0.1) is 0 Å². The molecule has 21 heavy (non-hydrogen) atoms. The summed E-state index contributed by atoms with van der Waals surface area (Å²) >= 11 is 0. The van der Waals surface area contributed by atoms with E-state index in [-0.39, 0.29) is 4.90 Å². The number of benzene rings is 2. The Balaban J connectivity index is 2.24. The average molecular weight is 304 g/mol. The molecule has 4 nitrogen and oxygen atoms in total. The Morgan fingerprint density at radius 3 is 2.33 bits per heavy atom. The lowest BCUT2D eigenvalue weighted by atomic mass is 10.0. The minimum Gasteiger partial charge on any atom is -0.326 e. The van der Waals surface area contributed by atoms with Gasteiger partial charge in [-0.05, 0) is 41.3 Å². The summed E-state index contributed by atoms with van der Waals surface area (Å²) in [7, 11) is -3.58. The van der Waals surface area contributed by atoms with E-state index in [1.165, 1.54) is 5.56 Å². The molecule has 0 bridgehead atoms. The molecule has 0 saturated heterocycles. The van der Waals surface area contributed by atoms with Crippen LogP contribution in [0.4, 0.5) is 5.69 Å². The molecule has 0 atom stereocenters. The minimum absolute atomic E-state index is 0.221. The summed E-state index contributed by atoms with van der Waals surface area (Å²) in [5.41, 5.74) is 8.05. The van der Waals surface area contributed by atoms with Gasteiger partial charge in [0.2, 0.25) is 0 Å². The lowest BCUT2D eigenvalue weighted by molar-refractivity contribution is 0.601. The van der Waals surface area contributed by atoms with Crippen LogP contribution < -0.4 is 10.5 Å². The van der Waals surface area contributed by atoms with Gasteiger partial charge in [0.15, 0.2) is 0 Å². The Morgan fingerprint density at radius 2 is 1.76 bits per heavy atom. The highest BCUT2D eigenvalue weighted by molar-refractivity contribution is 7.92. The SMILES string of the molecule is CC(C)c1ccc(NS(=O)(=O)c2cccc(CN)c2)cc1. The van der Waals surface area contributed by atoms with E-state index < -0.39 is 10.0 Å². The first-order valence-corrected chi connectivity index (χ1v) is 8.32. The molecule has 112 valence electrons. The quantitative estimate of drug-likeness (QED) is 0.891. The molecule has 2 aromatic carbocycles. The summed E-state index contributed by atoms with van der Waals surface area (Å²) in [4.78, 5) is 0.221. The van der Waals surface area contributed by atoms with E-state index in [0.717, 1.165) is 5.56 Å². The highest BCUT2D eigenvalue weighted by atomic mass is 32.2. The zero-order valence-electron chi connectivity index (χ0n) is 12.2. The van der Waals surface area contributed by atoms with Crippen molar-refractivity contribution in [1.82, 2.24) is 0 Å². The highest BCUT2D eigenvalue weighted by Gasteiger charge is 2.14. The van der Waals surface area contributed by atoms with Gasteiger partial charge in [-0.3, -0.25) is 4.72 Å². The molecule has 0 radical (unpaired) electrons. The van der Waals surface area contributed by atoms with Crippen LogP contribution >= 0.6 is 0 Å². The van der Waals surface area contributed by atoms with Gasteiger partial charge in [-0.15, -0.1) is 0 Å². The third kappa shape index (κ3) is 3.83. The molecule has 0 saturated carbocycles. The number of hydrogen-bond acceptors (Lipinski definition) is 3. The molecule has 3 N–H and O–H groups in total. The van der Waals surface area contributed by atoms with Gasteiger partial charge in [0.05, 0.1) is 4.90 Å². The summed E-state index contributed by atoms with van der Waals surface area (Å²) in [5, 5.41) is 0. The maximum absolute atomic E-state index is 12.3. The predicted octanol–water partition coefficient (Wildman–Crippen LogP) is 3.07. The van der Waals surface area contributed by atoms with Gasteiger partial charge in [0.25, 0.3) is 10.0 Å². The van der Waals surface area contributed by atoms with Crippen molar-refractivity contribution in [3.63, 3.8) is 0 Å². The van der Waals surface area contributed by atoms with Gasteiger partial charge in [0, 0.05) is 12.2 Å². The lowest BCUT2D eigenvalue weighted by Crippen LogP contribution is -2.13. The van der Waals surface area contributed by atoms with Gasteiger partial charge in [-0.1, -0.05) is 38.1 Å². The van der Waals surface area contributed by atoms with Crippen LogP contribution in [-0.4, -0.2) is 8.42 Å². The number of hydrogen-bond donors (Lipinski definition) is 2. The maximum Gasteiger partial charge on any atom is 0.261 e. The van der Waals surface area contributed by atoms with E-state index in [9.17, 15) is 8.42 Å². The molecule has 0 unspecified atom stereocenters. The molecule has 2 aromatic rings. The molecular formula is C16H20N2O2S. The van der Waals surface area contributed by atoms with Gasteiger partial charge in [-0.2, -0.15) is 0 Å². The number of anilines is 1. The van der Waals surface area contributed by atoms with E-state index >= 15 is 0 Å². The smallest absolute Gasteiger partial charge is 0.261 e. The van der Waals surface area contributed by atoms with E-state index in [1.807, 2.05) is 12.1 Å². The second kappa shape index (κ2) is 6.28. The number of sulfonamides is 1.